The van der Waals surface area contributed by atoms with Gasteiger partial charge in [-0.05, 0) is 109 Å². The molecule has 0 aromatic heterocycles. The average Bonchev–Trinajstić information content (AvgIpc) is 3.35. The molecule has 0 aliphatic carbocycles. The molecule has 0 saturated heterocycles. The lowest BCUT2D eigenvalue weighted by atomic mass is 10.1. The van der Waals surface area contributed by atoms with E-state index in [-0.39, 0.29) is 37.5 Å². The largest absolute Gasteiger partial charge is 0.462 e. The van der Waals surface area contributed by atoms with Crippen LogP contribution in [0.25, 0.3) is 0 Å². The number of esters is 3. The summed E-state index contributed by atoms with van der Waals surface area (Å²) < 4.78 is 16.8. The molecule has 0 amide bonds. The zero-order valence-corrected chi connectivity index (χ0v) is 45.0. The Morgan fingerprint density at radius 2 is 0.594 bits per heavy atom. The molecule has 6 heteroatoms. The Balaban J connectivity index is 4.52. The Kier molecular flexibility index (Phi) is 53.9. The minimum atomic E-state index is -0.817. The van der Waals surface area contributed by atoms with Crippen molar-refractivity contribution < 1.29 is 28.6 Å². The molecule has 0 N–H and O–H groups in total. The lowest BCUT2D eigenvalue weighted by molar-refractivity contribution is -0.166. The molecule has 0 fully saturated rings. The Bertz CT molecular complexity index is 1380. The maximum absolute atomic E-state index is 12.8. The Morgan fingerprint density at radius 1 is 0.304 bits per heavy atom. The third-order valence-electron chi connectivity index (χ3n) is 12.1. The molecule has 0 bridgehead atoms. The molecule has 0 spiro atoms. The number of rotatable bonds is 51. The summed E-state index contributed by atoms with van der Waals surface area (Å²) in [7, 11) is 0. The molecule has 0 aromatic rings. The van der Waals surface area contributed by atoms with Crippen molar-refractivity contribution in [2.45, 2.75) is 271 Å². The van der Waals surface area contributed by atoms with Gasteiger partial charge in [0.2, 0.25) is 0 Å². The maximum Gasteiger partial charge on any atom is 0.306 e. The van der Waals surface area contributed by atoms with Gasteiger partial charge >= 0.3 is 17.9 Å². The predicted octanol–water partition coefficient (Wildman–Crippen LogP) is 19.3. The summed E-state index contributed by atoms with van der Waals surface area (Å²) in [5.74, 6) is -1.01. The van der Waals surface area contributed by atoms with Crippen LogP contribution in [0.4, 0.5) is 0 Å². The summed E-state index contributed by atoms with van der Waals surface area (Å²) in [6.45, 7) is 6.45. The fraction of sp³-hybridized carbons (Fsp3) is 0.698. The van der Waals surface area contributed by atoms with Crippen LogP contribution in [0, 0.1) is 0 Å². The van der Waals surface area contributed by atoms with Gasteiger partial charge in [0.15, 0.2) is 6.10 Å². The molecular formula is C63H106O6. The first-order valence-corrected chi connectivity index (χ1v) is 28.7. The molecule has 0 heterocycles. The van der Waals surface area contributed by atoms with Gasteiger partial charge in [-0.15, -0.1) is 0 Å². The van der Waals surface area contributed by atoms with E-state index in [1.54, 1.807) is 0 Å². The summed E-state index contributed by atoms with van der Waals surface area (Å²) >= 11 is 0. The SMILES string of the molecule is CC/C=C\C/C=C\C/C=C\C/C=C\C/C=C\C/C=C\CCC(=O)OC[C@@H](COC(=O)CCCCCCC/C=C\CCCCCCCCC)OC(=O)CCCCCCC/C=C\CCCCCCCCC. The smallest absolute Gasteiger partial charge is 0.306 e. The molecule has 0 unspecified atom stereocenters. The van der Waals surface area contributed by atoms with Gasteiger partial charge in [-0.3, -0.25) is 14.4 Å². The summed E-state index contributed by atoms with van der Waals surface area (Å²) in [6.07, 6.45) is 75.5. The van der Waals surface area contributed by atoms with Crippen LogP contribution in [0.2, 0.25) is 0 Å². The van der Waals surface area contributed by atoms with Crippen molar-refractivity contribution >= 4 is 17.9 Å². The Hall–Kier alpha value is -3.67. The van der Waals surface area contributed by atoms with Crippen LogP contribution in [0.15, 0.2) is 97.2 Å². The number of hydrogen-bond acceptors (Lipinski definition) is 6. The van der Waals surface area contributed by atoms with Crippen LogP contribution in [-0.4, -0.2) is 37.2 Å². The van der Waals surface area contributed by atoms with Gasteiger partial charge < -0.3 is 14.2 Å². The number of unbranched alkanes of at least 4 members (excludes halogenated alkanes) is 24. The van der Waals surface area contributed by atoms with Crippen LogP contribution < -0.4 is 0 Å². The van der Waals surface area contributed by atoms with E-state index in [4.69, 9.17) is 14.2 Å². The molecule has 1 atom stereocenters. The predicted molar refractivity (Wildman–Crippen MR) is 297 cm³/mol. The molecule has 0 aliphatic heterocycles. The van der Waals surface area contributed by atoms with Crippen molar-refractivity contribution in [2.75, 3.05) is 13.2 Å². The molecule has 394 valence electrons. The quantitative estimate of drug-likeness (QED) is 0.0262. The normalized spacial score (nSPS) is 12.8. The molecular weight excluding hydrogens is 853 g/mol. The van der Waals surface area contributed by atoms with E-state index in [9.17, 15) is 14.4 Å². The van der Waals surface area contributed by atoms with E-state index in [1.807, 2.05) is 6.08 Å². The minimum Gasteiger partial charge on any atom is -0.462 e. The van der Waals surface area contributed by atoms with Crippen molar-refractivity contribution in [3.8, 4) is 0 Å². The maximum atomic E-state index is 12.8. The highest BCUT2D eigenvalue weighted by atomic mass is 16.6. The van der Waals surface area contributed by atoms with E-state index in [0.717, 1.165) is 103 Å². The van der Waals surface area contributed by atoms with Gasteiger partial charge in [-0.2, -0.15) is 0 Å². The Labute approximate surface area is 426 Å². The van der Waals surface area contributed by atoms with E-state index in [1.165, 1.54) is 116 Å². The number of allylic oxidation sites excluding steroid dienone is 16. The standard InChI is InChI=1S/C63H106O6/c1-4-7-10-13-16-19-22-25-28-31-32-33-36-38-41-44-47-50-53-56-62(65)68-59-60(69-63(66)57-54-51-48-45-42-39-35-30-27-24-21-18-15-12-9-6-3)58-67-61(64)55-52-49-46-43-40-37-34-29-26-23-20-17-14-11-8-5-2/h7,10,16,19,25,28-30,32-35,38,41,47,50,60H,4-6,8-9,11-15,17-18,20-24,26-27,31,36-37,39-40,42-46,48-49,51-59H2,1-3H3/b10-7-,19-16-,28-25-,33-32-,34-29-,35-30-,41-38-,50-47-/t60-/m1/s1. The molecule has 0 saturated carbocycles. The highest BCUT2D eigenvalue weighted by Gasteiger charge is 2.19. The second-order valence-corrected chi connectivity index (χ2v) is 18.8. The number of carbonyl (C=O) groups is 3. The van der Waals surface area contributed by atoms with Gasteiger partial charge in [-0.25, -0.2) is 0 Å². The highest BCUT2D eigenvalue weighted by Crippen LogP contribution is 2.14. The summed E-state index contributed by atoms with van der Waals surface area (Å²) in [6, 6.07) is 0. The van der Waals surface area contributed by atoms with Gasteiger partial charge in [0.1, 0.15) is 13.2 Å². The Morgan fingerprint density at radius 3 is 0.971 bits per heavy atom. The minimum absolute atomic E-state index is 0.108. The molecule has 0 aliphatic rings. The first-order valence-electron chi connectivity index (χ1n) is 28.7. The van der Waals surface area contributed by atoms with Crippen molar-refractivity contribution in [3.05, 3.63) is 97.2 Å². The summed E-state index contributed by atoms with van der Waals surface area (Å²) in [5.41, 5.74) is 0. The summed E-state index contributed by atoms with van der Waals surface area (Å²) in [5, 5.41) is 0. The first kappa shape index (κ1) is 65.3. The van der Waals surface area contributed by atoms with Crippen molar-refractivity contribution in [3.63, 3.8) is 0 Å². The van der Waals surface area contributed by atoms with E-state index < -0.39 is 6.10 Å². The van der Waals surface area contributed by atoms with Gasteiger partial charge in [0.25, 0.3) is 0 Å². The highest BCUT2D eigenvalue weighted by molar-refractivity contribution is 5.71. The third kappa shape index (κ3) is 55.1. The van der Waals surface area contributed by atoms with Crippen LogP contribution >= 0.6 is 0 Å². The molecule has 0 rings (SSSR count). The molecule has 0 radical (unpaired) electrons. The monoisotopic (exact) mass is 959 g/mol. The van der Waals surface area contributed by atoms with Gasteiger partial charge in [-0.1, -0.05) is 234 Å². The fourth-order valence-electron chi connectivity index (χ4n) is 7.75. The van der Waals surface area contributed by atoms with Gasteiger partial charge in [0, 0.05) is 19.3 Å². The van der Waals surface area contributed by atoms with E-state index >= 15 is 0 Å². The number of hydrogen-bond donors (Lipinski definition) is 0. The second kappa shape index (κ2) is 56.9. The fourth-order valence-corrected chi connectivity index (χ4v) is 7.75. The van der Waals surface area contributed by atoms with Crippen LogP contribution in [0.1, 0.15) is 265 Å². The summed E-state index contributed by atoms with van der Waals surface area (Å²) in [4.78, 5) is 38.1. The van der Waals surface area contributed by atoms with Crippen LogP contribution in [0.3, 0.4) is 0 Å². The van der Waals surface area contributed by atoms with Gasteiger partial charge in [0.05, 0.1) is 0 Å². The zero-order valence-electron chi connectivity index (χ0n) is 45.0. The van der Waals surface area contributed by atoms with Crippen molar-refractivity contribution in [1.29, 1.82) is 0 Å². The topological polar surface area (TPSA) is 78.9 Å². The number of ether oxygens (including phenoxy) is 3. The van der Waals surface area contributed by atoms with Crippen molar-refractivity contribution in [1.82, 2.24) is 0 Å². The zero-order chi connectivity index (χ0) is 50.0. The van der Waals surface area contributed by atoms with Crippen molar-refractivity contribution in [2.24, 2.45) is 0 Å². The average molecular weight is 960 g/mol. The molecule has 69 heavy (non-hydrogen) atoms. The lowest BCUT2D eigenvalue weighted by Crippen LogP contribution is -2.30. The molecule has 0 aromatic carbocycles. The van der Waals surface area contributed by atoms with E-state index in [2.05, 4.69) is 112 Å². The lowest BCUT2D eigenvalue weighted by Gasteiger charge is -2.18. The second-order valence-electron chi connectivity index (χ2n) is 18.8. The van der Waals surface area contributed by atoms with Crippen LogP contribution in [-0.2, 0) is 28.6 Å². The van der Waals surface area contributed by atoms with E-state index in [0.29, 0.717) is 19.3 Å². The number of carbonyl (C=O) groups excluding carboxylic acids is 3. The first-order chi connectivity index (χ1) is 34.0. The van der Waals surface area contributed by atoms with Crippen LogP contribution in [0.5, 0.6) is 0 Å². The molecule has 6 nitrogen and oxygen atoms in total. The third-order valence-corrected chi connectivity index (χ3v) is 12.1.